The molecule has 1 saturated carbocycles. The van der Waals surface area contributed by atoms with Crippen LogP contribution in [-0.2, 0) is 11.8 Å². The van der Waals surface area contributed by atoms with Gasteiger partial charge in [0.15, 0.2) is 5.89 Å². The molecule has 0 atom stereocenters. The maximum Gasteiger partial charge on any atom is 0.194 e. The Labute approximate surface area is 117 Å². The minimum atomic E-state index is 0.293. The Hall–Kier alpha value is -0.830. The van der Waals surface area contributed by atoms with E-state index in [0.29, 0.717) is 11.5 Å². The van der Waals surface area contributed by atoms with Crippen molar-refractivity contribution in [3.63, 3.8) is 0 Å². The van der Waals surface area contributed by atoms with E-state index in [1.54, 1.807) is 0 Å². The lowest BCUT2D eigenvalue weighted by Gasteiger charge is -2.23. The van der Waals surface area contributed by atoms with Gasteiger partial charge in [0, 0.05) is 17.9 Å². The Bertz CT molecular complexity index is 378. The lowest BCUT2D eigenvalue weighted by molar-refractivity contribution is 0.315. The Morgan fingerprint density at radius 2 is 2.11 bits per heavy atom. The van der Waals surface area contributed by atoms with Gasteiger partial charge in [0.25, 0.3) is 0 Å². The first kappa shape index (κ1) is 14.6. The molecule has 1 fully saturated rings. The molecule has 0 unspecified atom stereocenters. The monoisotopic (exact) mass is 264 g/mol. The van der Waals surface area contributed by atoms with Gasteiger partial charge in [-0.15, -0.1) is 0 Å². The summed E-state index contributed by atoms with van der Waals surface area (Å²) in [6.07, 6.45) is 10.4. The van der Waals surface area contributed by atoms with Crippen molar-refractivity contribution in [1.29, 1.82) is 0 Å². The Morgan fingerprint density at radius 3 is 2.74 bits per heavy atom. The van der Waals surface area contributed by atoms with Crippen molar-refractivity contribution in [2.24, 2.45) is 0 Å². The standard InChI is InChI=1S/C16H28N2O/c1-4-16(9-5-6-10-16)14-12-18-15(19-14)8-7-11-17-13(2)3/h12-13,17H,4-11H2,1-3H3. The maximum atomic E-state index is 6.03. The molecule has 19 heavy (non-hydrogen) atoms. The summed E-state index contributed by atoms with van der Waals surface area (Å²) in [4.78, 5) is 4.48. The van der Waals surface area contributed by atoms with E-state index in [2.05, 4.69) is 31.1 Å². The van der Waals surface area contributed by atoms with Gasteiger partial charge >= 0.3 is 0 Å². The third-order valence-corrected chi connectivity index (χ3v) is 4.43. The van der Waals surface area contributed by atoms with Crippen LogP contribution in [0.2, 0.25) is 0 Å². The van der Waals surface area contributed by atoms with Gasteiger partial charge in [-0.1, -0.05) is 33.6 Å². The molecule has 0 aliphatic heterocycles. The van der Waals surface area contributed by atoms with Crippen molar-refractivity contribution in [2.45, 2.75) is 77.2 Å². The largest absolute Gasteiger partial charge is 0.445 e. The van der Waals surface area contributed by atoms with Crippen molar-refractivity contribution in [1.82, 2.24) is 10.3 Å². The highest BCUT2D eigenvalue weighted by Crippen LogP contribution is 2.43. The fourth-order valence-corrected chi connectivity index (χ4v) is 3.13. The molecule has 3 heteroatoms. The van der Waals surface area contributed by atoms with E-state index in [0.717, 1.165) is 31.0 Å². The molecule has 1 aliphatic rings. The van der Waals surface area contributed by atoms with Gasteiger partial charge < -0.3 is 9.73 Å². The van der Waals surface area contributed by atoms with Crippen LogP contribution in [0.4, 0.5) is 0 Å². The zero-order valence-electron chi connectivity index (χ0n) is 12.7. The molecule has 0 radical (unpaired) electrons. The van der Waals surface area contributed by atoms with Gasteiger partial charge in [-0.3, -0.25) is 0 Å². The minimum Gasteiger partial charge on any atom is -0.445 e. The fraction of sp³-hybridized carbons (Fsp3) is 0.812. The first-order valence-electron chi connectivity index (χ1n) is 7.85. The number of hydrogen-bond acceptors (Lipinski definition) is 3. The summed E-state index contributed by atoms with van der Waals surface area (Å²) in [5.41, 5.74) is 0.293. The van der Waals surface area contributed by atoms with E-state index in [4.69, 9.17) is 4.42 Å². The Morgan fingerprint density at radius 1 is 1.37 bits per heavy atom. The SMILES string of the molecule is CCC1(c2cnc(CCCNC(C)C)o2)CCCC1. The van der Waals surface area contributed by atoms with Crippen LogP contribution in [0.3, 0.4) is 0 Å². The van der Waals surface area contributed by atoms with E-state index in [1.807, 2.05) is 6.20 Å². The molecule has 1 N–H and O–H groups in total. The van der Waals surface area contributed by atoms with E-state index in [9.17, 15) is 0 Å². The number of oxazole rings is 1. The van der Waals surface area contributed by atoms with E-state index in [1.165, 1.54) is 32.1 Å². The Balaban J connectivity index is 1.88. The normalized spacial score (nSPS) is 18.3. The van der Waals surface area contributed by atoms with Crippen LogP contribution in [0.15, 0.2) is 10.6 Å². The zero-order valence-corrected chi connectivity index (χ0v) is 12.7. The van der Waals surface area contributed by atoms with Crippen LogP contribution in [0.5, 0.6) is 0 Å². The molecule has 0 aromatic carbocycles. The second-order valence-corrected chi connectivity index (χ2v) is 6.17. The smallest absolute Gasteiger partial charge is 0.194 e. The summed E-state index contributed by atoms with van der Waals surface area (Å²) >= 11 is 0. The molecular formula is C16H28N2O. The fourth-order valence-electron chi connectivity index (χ4n) is 3.13. The number of nitrogens with zero attached hydrogens (tertiary/aromatic N) is 1. The van der Waals surface area contributed by atoms with Gasteiger partial charge in [-0.25, -0.2) is 4.98 Å². The molecule has 0 saturated heterocycles. The second-order valence-electron chi connectivity index (χ2n) is 6.17. The van der Waals surface area contributed by atoms with Crippen LogP contribution >= 0.6 is 0 Å². The molecule has 1 heterocycles. The average molecular weight is 264 g/mol. The van der Waals surface area contributed by atoms with Crippen LogP contribution in [0.25, 0.3) is 0 Å². The lowest BCUT2D eigenvalue weighted by Crippen LogP contribution is -2.23. The van der Waals surface area contributed by atoms with Crippen LogP contribution in [-0.4, -0.2) is 17.6 Å². The van der Waals surface area contributed by atoms with Crippen molar-refractivity contribution in [3.05, 3.63) is 17.8 Å². The molecular weight excluding hydrogens is 236 g/mol. The van der Waals surface area contributed by atoms with Crippen molar-refractivity contribution in [3.8, 4) is 0 Å². The van der Waals surface area contributed by atoms with Gasteiger partial charge in [0.1, 0.15) is 5.76 Å². The highest BCUT2D eigenvalue weighted by molar-refractivity contribution is 5.13. The van der Waals surface area contributed by atoms with Gasteiger partial charge in [0.2, 0.25) is 0 Å². The molecule has 1 aromatic rings. The predicted octanol–water partition coefficient (Wildman–Crippen LogP) is 3.83. The van der Waals surface area contributed by atoms with E-state index < -0.39 is 0 Å². The van der Waals surface area contributed by atoms with Crippen LogP contribution in [0, 0.1) is 0 Å². The van der Waals surface area contributed by atoms with Crippen molar-refractivity contribution < 1.29 is 4.42 Å². The summed E-state index contributed by atoms with van der Waals surface area (Å²) in [5, 5.41) is 3.43. The summed E-state index contributed by atoms with van der Waals surface area (Å²) in [6, 6.07) is 0.557. The van der Waals surface area contributed by atoms with Crippen LogP contribution < -0.4 is 5.32 Å². The maximum absolute atomic E-state index is 6.03. The van der Waals surface area contributed by atoms with Gasteiger partial charge in [-0.2, -0.15) is 0 Å². The van der Waals surface area contributed by atoms with E-state index >= 15 is 0 Å². The quantitative estimate of drug-likeness (QED) is 0.761. The summed E-state index contributed by atoms with van der Waals surface area (Å²) in [7, 11) is 0. The summed E-state index contributed by atoms with van der Waals surface area (Å²) in [5.74, 6) is 2.06. The molecule has 3 nitrogen and oxygen atoms in total. The number of aromatic nitrogens is 1. The number of aryl methyl sites for hydroxylation is 1. The summed E-state index contributed by atoms with van der Waals surface area (Å²) in [6.45, 7) is 7.66. The second kappa shape index (κ2) is 6.56. The molecule has 0 bridgehead atoms. The predicted molar refractivity (Wildman–Crippen MR) is 78.4 cm³/mol. The van der Waals surface area contributed by atoms with E-state index in [-0.39, 0.29) is 0 Å². The van der Waals surface area contributed by atoms with Crippen molar-refractivity contribution in [2.75, 3.05) is 6.54 Å². The number of rotatable bonds is 7. The lowest BCUT2D eigenvalue weighted by atomic mass is 9.81. The third-order valence-electron chi connectivity index (χ3n) is 4.43. The highest BCUT2D eigenvalue weighted by atomic mass is 16.4. The number of hydrogen-bond donors (Lipinski definition) is 1. The van der Waals surface area contributed by atoms with Gasteiger partial charge in [-0.05, 0) is 32.2 Å². The Kier molecular flexibility index (Phi) is 5.03. The topological polar surface area (TPSA) is 38.1 Å². The molecule has 2 rings (SSSR count). The zero-order chi connectivity index (χ0) is 13.7. The highest BCUT2D eigenvalue weighted by Gasteiger charge is 2.37. The molecule has 1 aromatic heterocycles. The van der Waals surface area contributed by atoms with Gasteiger partial charge in [0.05, 0.1) is 6.20 Å². The summed E-state index contributed by atoms with van der Waals surface area (Å²) < 4.78 is 6.03. The first-order chi connectivity index (χ1) is 9.16. The molecule has 1 aliphatic carbocycles. The average Bonchev–Trinajstić information content (AvgIpc) is 3.04. The van der Waals surface area contributed by atoms with Crippen LogP contribution in [0.1, 0.15) is 70.9 Å². The minimum absolute atomic E-state index is 0.293. The third kappa shape index (κ3) is 3.59. The number of nitrogens with one attached hydrogen (secondary N) is 1. The molecule has 108 valence electrons. The molecule has 0 spiro atoms. The van der Waals surface area contributed by atoms with Crippen molar-refractivity contribution >= 4 is 0 Å². The first-order valence-corrected chi connectivity index (χ1v) is 7.85. The molecule has 0 amide bonds.